The predicted molar refractivity (Wildman–Crippen MR) is 59.1 cm³/mol. The fourth-order valence-corrected chi connectivity index (χ4v) is 1.44. The Morgan fingerprint density at radius 1 is 1.29 bits per heavy atom. The van der Waals surface area contributed by atoms with Gasteiger partial charge >= 0.3 is 0 Å². The van der Waals surface area contributed by atoms with Crippen molar-refractivity contribution in [3.63, 3.8) is 0 Å². The molecule has 1 rings (SSSR count). The zero-order valence-electron chi connectivity index (χ0n) is 9.42. The minimum Gasteiger partial charge on any atom is -0.464 e. The SMILES string of the molecule is CCc1ccc(C(N)CCC(C)C)o1. The third-order valence-electron chi connectivity index (χ3n) is 2.45. The van der Waals surface area contributed by atoms with Crippen molar-refractivity contribution in [2.45, 2.75) is 46.1 Å². The van der Waals surface area contributed by atoms with Gasteiger partial charge in [0.25, 0.3) is 0 Å². The first-order chi connectivity index (χ1) is 6.63. The molecule has 2 heteroatoms. The van der Waals surface area contributed by atoms with Gasteiger partial charge in [0.2, 0.25) is 0 Å². The molecule has 0 aromatic carbocycles. The molecule has 0 aliphatic rings. The Kier molecular flexibility index (Phi) is 4.21. The van der Waals surface area contributed by atoms with Crippen LogP contribution in [0.5, 0.6) is 0 Å². The van der Waals surface area contributed by atoms with Gasteiger partial charge < -0.3 is 10.2 Å². The standard InChI is InChI=1S/C12H21NO/c1-4-10-6-8-12(14-10)11(13)7-5-9(2)3/h6,8-9,11H,4-5,7,13H2,1-3H3. The molecule has 0 aliphatic heterocycles. The predicted octanol–water partition coefficient (Wildman–Crippen LogP) is 3.28. The van der Waals surface area contributed by atoms with Crippen molar-refractivity contribution in [3.8, 4) is 0 Å². The van der Waals surface area contributed by atoms with E-state index in [1.807, 2.05) is 12.1 Å². The van der Waals surface area contributed by atoms with Gasteiger partial charge in [-0.25, -0.2) is 0 Å². The molecule has 2 N–H and O–H groups in total. The van der Waals surface area contributed by atoms with E-state index in [-0.39, 0.29) is 6.04 Å². The van der Waals surface area contributed by atoms with Crippen LogP contribution in [0.1, 0.15) is 51.2 Å². The molecule has 0 saturated carbocycles. The van der Waals surface area contributed by atoms with Gasteiger partial charge in [0.1, 0.15) is 11.5 Å². The van der Waals surface area contributed by atoms with E-state index in [2.05, 4.69) is 20.8 Å². The lowest BCUT2D eigenvalue weighted by Crippen LogP contribution is -2.10. The van der Waals surface area contributed by atoms with Crippen LogP contribution in [0.25, 0.3) is 0 Å². The topological polar surface area (TPSA) is 39.2 Å². The molecule has 1 aromatic heterocycles. The first kappa shape index (κ1) is 11.3. The van der Waals surface area contributed by atoms with Crippen molar-refractivity contribution in [2.75, 3.05) is 0 Å². The van der Waals surface area contributed by atoms with Crippen molar-refractivity contribution in [3.05, 3.63) is 23.7 Å². The molecular weight excluding hydrogens is 174 g/mol. The molecule has 0 amide bonds. The summed E-state index contributed by atoms with van der Waals surface area (Å²) in [6.07, 6.45) is 3.11. The lowest BCUT2D eigenvalue weighted by molar-refractivity contribution is 0.405. The monoisotopic (exact) mass is 195 g/mol. The highest BCUT2D eigenvalue weighted by molar-refractivity contribution is 5.10. The lowest BCUT2D eigenvalue weighted by Gasteiger charge is -2.10. The summed E-state index contributed by atoms with van der Waals surface area (Å²) in [4.78, 5) is 0. The lowest BCUT2D eigenvalue weighted by atomic mass is 10.0. The van der Waals surface area contributed by atoms with E-state index in [1.165, 1.54) is 0 Å². The van der Waals surface area contributed by atoms with Crippen molar-refractivity contribution in [2.24, 2.45) is 11.7 Å². The molecule has 0 saturated heterocycles. The maximum Gasteiger partial charge on any atom is 0.120 e. The minimum absolute atomic E-state index is 0.0673. The van der Waals surface area contributed by atoms with Gasteiger partial charge in [0.05, 0.1) is 6.04 Å². The Balaban J connectivity index is 2.47. The molecule has 0 fully saturated rings. The van der Waals surface area contributed by atoms with Crippen molar-refractivity contribution < 1.29 is 4.42 Å². The van der Waals surface area contributed by atoms with Gasteiger partial charge in [-0.15, -0.1) is 0 Å². The molecule has 0 radical (unpaired) electrons. The van der Waals surface area contributed by atoms with E-state index in [9.17, 15) is 0 Å². The minimum atomic E-state index is 0.0673. The van der Waals surface area contributed by atoms with Crippen LogP contribution in [0.15, 0.2) is 16.5 Å². The molecule has 1 heterocycles. The third-order valence-corrected chi connectivity index (χ3v) is 2.45. The van der Waals surface area contributed by atoms with Crippen LogP contribution in [0, 0.1) is 5.92 Å². The Morgan fingerprint density at radius 3 is 2.50 bits per heavy atom. The Morgan fingerprint density at radius 2 is 2.00 bits per heavy atom. The fraction of sp³-hybridized carbons (Fsp3) is 0.667. The second-order valence-electron chi connectivity index (χ2n) is 4.24. The van der Waals surface area contributed by atoms with E-state index >= 15 is 0 Å². The number of hydrogen-bond acceptors (Lipinski definition) is 2. The summed E-state index contributed by atoms with van der Waals surface area (Å²) >= 11 is 0. The van der Waals surface area contributed by atoms with Crippen molar-refractivity contribution in [1.82, 2.24) is 0 Å². The first-order valence-corrected chi connectivity index (χ1v) is 5.47. The van der Waals surface area contributed by atoms with Gasteiger partial charge in [-0.1, -0.05) is 20.8 Å². The highest BCUT2D eigenvalue weighted by Crippen LogP contribution is 2.20. The van der Waals surface area contributed by atoms with E-state index in [4.69, 9.17) is 10.2 Å². The largest absolute Gasteiger partial charge is 0.464 e. The van der Waals surface area contributed by atoms with Crippen LogP contribution in [0.4, 0.5) is 0 Å². The van der Waals surface area contributed by atoms with Gasteiger partial charge in [-0.3, -0.25) is 0 Å². The molecule has 2 nitrogen and oxygen atoms in total. The molecule has 0 bridgehead atoms. The van der Waals surface area contributed by atoms with Crippen LogP contribution in [-0.2, 0) is 6.42 Å². The quantitative estimate of drug-likeness (QED) is 0.783. The molecule has 1 aromatic rings. The van der Waals surface area contributed by atoms with E-state index in [0.717, 1.165) is 30.8 Å². The maximum atomic E-state index is 6.02. The molecule has 1 unspecified atom stereocenters. The number of hydrogen-bond donors (Lipinski definition) is 1. The summed E-state index contributed by atoms with van der Waals surface area (Å²) in [6.45, 7) is 6.51. The normalized spacial score (nSPS) is 13.5. The summed E-state index contributed by atoms with van der Waals surface area (Å²) in [5.74, 6) is 2.67. The Labute approximate surface area is 86.5 Å². The Bertz CT molecular complexity index is 265. The number of furan rings is 1. The second kappa shape index (κ2) is 5.20. The fourth-order valence-electron chi connectivity index (χ4n) is 1.44. The van der Waals surface area contributed by atoms with Gasteiger partial charge in [-0.05, 0) is 30.9 Å². The molecule has 14 heavy (non-hydrogen) atoms. The zero-order valence-corrected chi connectivity index (χ0v) is 9.42. The van der Waals surface area contributed by atoms with Gasteiger partial charge in [0, 0.05) is 6.42 Å². The van der Waals surface area contributed by atoms with Crippen LogP contribution in [-0.4, -0.2) is 0 Å². The van der Waals surface area contributed by atoms with E-state index in [1.54, 1.807) is 0 Å². The van der Waals surface area contributed by atoms with Crippen LogP contribution >= 0.6 is 0 Å². The highest BCUT2D eigenvalue weighted by Gasteiger charge is 2.10. The zero-order chi connectivity index (χ0) is 10.6. The van der Waals surface area contributed by atoms with Crippen molar-refractivity contribution in [1.29, 1.82) is 0 Å². The Hall–Kier alpha value is -0.760. The number of nitrogens with two attached hydrogens (primary N) is 1. The molecule has 0 aliphatic carbocycles. The first-order valence-electron chi connectivity index (χ1n) is 5.47. The summed E-state index contributed by atoms with van der Waals surface area (Å²) in [6, 6.07) is 4.09. The number of rotatable bonds is 5. The summed E-state index contributed by atoms with van der Waals surface area (Å²) < 4.78 is 5.60. The molecular formula is C12H21NO. The average molecular weight is 195 g/mol. The summed E-state index contributed by atoms with van der Waals surface area (Å²) in [5.41, 5.74) is 6.02. The molecule has 1 atom stereocenters. The van der Waals surface area contributed by atoms with Gasteiger partial charge in [-0.2, -0.15) is 0 Å². The van der Waals surface area contributed by atoms with Gasteiger partial charge in [0.15, 0.2) is 0 Å². The third kappa shape index (κ3) is 3.18. The molecule has 0 spiro atoms. The average Bonchev–Trinajstić information content (AvgIpc) is 2.62. The maximum absolute atomic E-state index is 6.02. The smallest absolute Gasteiger partial charge is 0.120 e. The summed E-state index contributed by atoms with van der Waals surface area (Å²) in [7, 11) is 0. The summed E-state index contributed by atoms with van der Waals surface area (Å²) in [5, 5.41) is 0. The van der Waals surface area contributed by atoms with E-state index in [0.29, 0.717) is 5.92 Å². The molecule has 80 valence electrons. The van der Waals surface area contributed by atoms with Crippen LogP contribution in [0.3, 0.4) is 0 Å². The van der Waals surface area contributed by atoms with Crippen LogP contribution < -0.4 is 5.73 Å². The second-order valence-corrected chi connectivity index (χ2v) is 4.24. The van der Waals surface area contributed by atoms with Crippen molar-refractivity contribution >= 4 is 0 Å². The number of aryl methyl sites for hydroxylation is 1. The highest BCUT2D eigenvalue weighted by atomic mass is 16.3. The van der Waals surface area contributed by atoms with Crippen LogP contribution in [0.2, 0.25) is 0 Å². The van der Waals surface area contributed by atoms with E-state index < -0.39 is 0 Å².